The van der Waals surface area contributed by atoms with Gasteiger partial charge in [0.15, 0.2) is 0 Å². The second-order valence-electron chi connectivity index (χ2n) is 5.29. The molecule has 0 radical (unpaired) electrons. The van der Waals surface area contributed by atoms with Crippen LogP contribution >= 0.6 is 0 Å². The van der Waals surface area contributed by atoms with E-state index < -0.39 is 0 Å². The number of aromatic nitrogens is 2. The van der Waals surface area contributed by atoms with Gasteiger partial charge in [0.2, 0.25) is 0 Å². The van der Waals surface area contributed by atoms with Crippen LogP contribution in [-0.2, 0) is 0 Å². The summed E-state index contributed by atoms with van der Waals surface area (Å²) in [7, 11) is 0. The van der Waals surface area contributed by atoms with Gasteiger partial charge >= 0.3 is 0 Å². The number of hydrogen-bond acceptors (Lipinski definition) is 5. The maximum absolute atomic E-state index is 9.69. The van der Waals surface area contributed by atoms with Crippen LogP contribution < -0.4 is 10.6 Å². The summed E-state index contributed by atoms with van der Waals surface area (Å²) < 4.78 is 0. The highest BCUT2D eigenvalue weighted by Crippen LogP contribution is 2.26. The molecule has 0 fully saturated rings. The lowest BCUT2D eigenvalue weighted by atomic mass is 9.93. The minimum Gasteiger partial charge on any atom is -0.394 e. The first-order valence-corrected chi connectivity index (χ1v) is 7.50. The Morgan fingerprint density at radius 2 is 1.65 bits per heavy atom. The number of rotatable bonds is 8. The molecular formula is C15H28N4O. The van der Waals surface area contributed by atoms with Crippen LogP contribution in [0.2, 0.25) is 0 Å². The molecule has 0 bridgehead atoms. The summed E-state index contributed by atoms with van der Waals surface area (Å²) in [6.45, 7) is 11.2. The summed E-state index contributed by atoms with van der Waals surface area (Å²) >= 11 is 0. The third kappa shape index (κ3) is 3.82. The second-order valence-corrected chi connectivity index (χ2v) is 5.29. The van der Waals surface area contributed by atoms with Gasteiger partial charge in [-0.05, 0) is 33.1 Å². The molecular weight excluding hydrogens is 252 g/mol. The summed E-state index contributed by atoms with van der Waals surface area (Å²) in [5.74, 6) is 2.42. The number of aryl methyl sites for hydroxylation is 1. The zero-order chi connectivity index (χ0) is 15.2. The zero-order valence-electron chi connectivity index (χ0n) is 13.4. The largest absolute Gasteiger partial charge is 0.394 e. The fourth-order valence-electron chi connectivity index (χ4n) is 2.11. The molecule has 0 atom stereocenters. The van der Waals surface area contributed by atoms with Gasteiger partial charge in [0.1, 0.15) is 17.5 Å². The van der Waals surface area contributed by atoms with Gasteiger partial charge in [0.05, 0.1) is 12.1 Å². The first kappa shape index (κ1) is 16.7. The molecule has 1 aromatic heterocycles. The SMILES string of the molecule is CCCNc1nc(C)nc(NC(CC)(CC)CO)c1C. The van der Waals surface area contributed by atoms with Crippen molar-refractivity contribution in [3.05, 3.63) is 11.4 Å². The van der Waals surface area contributed by atoms with E-state index in [2.05, 4.69) is 41.4 Å². The van der Waals surface area contributed by atoms with E-state index in [-0.39, 0.29) is 12.1 Å². The number of nitrogens with one attached hydrogen (secondary N) is 2. The van der Waals surface area contributed by atoms with Gasteiger partial charge in [-0.2, -0.15) is 0 Å². The van der Waals surface area contributed by atoms with E-state index in [1.807, 2.05) is 13.8 Å². The molecule has 0 aliphatic carbocycles. The lowest BCUT2D eigenvalue weighted by Crippen LogP contribution is -2.41. The van der Waals surface area contributed by atoms with Crippen molar-refractivity contribution in [2.75, 3.05) is 23.8 Å². The first-order chi connectivity index (χ1) is 9.51. The van der Waals surface area contributed by atoms with Crippen LogP contribution in [0, 0.1) is 13.8 Å². The summed E-state index contributed by atoms with van der Waals surface area (Å²) in [5, 5.41) is 16.4. The summed E-state index contributed by atoms with van der Waals surface area (Å²) in [4.78, 5) is 8.95. The average molecular weight is 280 g/mol. The Labute approximate surface area is 122 Å². The maximum Gasteiger partial charge on any atom is 0.135 e. The van der Waals surface area contributed by atoms with Crippen molar-refractivity contribution in [2.24, 2.45) is 0 Å². The third-order valence-electron chi connectivity index (χ3n) is 3.84. The van der Waals surface area contributed by atoms with Crippen molar-refractivity contribution in [1.82, 2.24) is 9.97 Å². The van der Waals surface area contributed by atoms with E-state index in [1.165, 1.54) is 0 Å². The molecule has 0 saturated carbocycles. The average Bonchev–Trinajstić information content (AvgIpc) is 2.46. The van der Waals surface area contributed by atoms with Crippen molar-refractivity contribution in [1.29, 1.82) is 0 Å². The number of aliphatic hydroxyl groups excluding tert-OH is 1. The van der Waals surface area contributed by atoms with E-state index >= 15 is 0 Å². The number of hydrogen-bond donors (Lipinski definition) is 3. The van der Waals surface area contributed by atoms with Crippen LogP contribution in [0.4, 0.5) is 11.6 Å². The molecule has 20 heavy (non-hydrogen) atoms. The fraction of sp³-hybridized carbons (Fsp3) is 0.733. The minimum atomic E-state index is -0.312. The molecule has 5 heteroatoms. The molecule has 0 aromatic carbocycles. The Morgan fingerprint density at radius 3 is 2.15 bits per heavy atom. The van der Waals surface area contributed by atoms with Gasteiger partial charge in [0, 0.05) is 12.1 Å². The molecule has 0 aliphatic rings. The first-order valence-electron chi connectivity index (χ1n) is 7.50. The van der Waals surface area contributed by atoms with Gasteiger partial charge in [-0.1, -0.05) is 20.8 Å². The summed E-state index contributed by atoms with van der Waals surface area (Å²) in [5.41, 5.74) is 0.692. The third-order valence-corrected chi connectivity index (χ3v) is 3.84. The van der Waals surface area contributed by atoms with E-state index in [9.17, 15) is 5.11 Å². The Morgan fingerprint density at radius 1 is 1.05 bits per heavy atom. The number of anilines is 2. The molecule has 0 aliphatic heterocycles. The predicted molar refractivity (Wildman–Crippen MR) is 84.3 cm³/mol. The molecule has 0 spiro atoms. The summed E-state index contributed by atoms with van der Waals surface area (Å²) in [6, 6.07) is 0. The van der Waals surface area contributed by atoms with Crippen LogP contribution in [0.5, 0.6) is 0 Å². The van der Waals surface area contributed by atoms with Crippen molar-refractivity contribution in [2.45, 2.75) is 59.4 Å². The normalized spacial score (nSPS) is 11.5. The summed E-state index contributed by atoms with van der Waals surface area (Å²) in [6.07, 6.45) is 2.75. The van der Waals surface area contributed by atoms with Gasteiger partial charge in [-0.15, -0.1) is 0 Å². The molecule has 114 valence electrons. The number of aliphatic hydroxyl groups is 1. The lowest BCUT2D eigenvalue weighted by molar-refractivity contribution is 0.202. The predicted octanol–water partition coefficient (Wildman–Crippen LogP) is 2.88. The van der Waals surface area contributed by atoms with Crippen molar-refractivity contribution in [3.8, 4) is 0 Å². The molecule has 3 N–H and O–H groups in total. The monoisotopic (exact) mass is 280 g/mol. The van der Waals surface area contributed by atoms with E-state index in [0.29, 0.717) is 0 Å². The maximum atomic E-state index is 9.69. The van der Waals surface area contributed by atoms with Gasteiger partial charge < -0.3 is 15.7 Å². The highest BCUT2D eigenvalue weighted by molar-refractivity contribution is 5.58. The lowest BCUT2D eigenvalue weighted by Gasteiger charge is -2.32. The van der Waals surface area contributed by atoms with Crippen LogP contribution in [0.1, 0.15) is 51.4 Å². The van der Waals surface area contributed by atoms with Crippen LogP contribution in [0.25, 0.3) is 0 Å². The van der Waals surface area contributed by atoms with Crippen molar-refractivity contribution < 1.29 is 5.11 Å². The van der Waals surface area contributed by atoms with Crippen LogP contribution in [0.15, 0.2) is 0 Å². The molecule has 1 heterocycles. The smallest absolute Gasteiger partial charge is 0.135 e. The van der Waals surface area contributed by atoms with E-state index in [0.717, 1.165) is 48.8 Å². The topological polar surface area (TPSA) is 70.1 Å². The minimum absolute atomic E-state index is 0.0974. The zero-order valence-corrected chi connectivity index (χ0v) is 13.4. The van der Waals surface area contributed by atoms with Crippen molar-refractivity contribution >= 4 is 11.6 Å². The van der Waals surface area contributed by atoms with Gasteiger partial charge in [-0.25, -0.2) is 9.97 Å². The fourth-order valence-corrected chi connectivity index (χ4v) is 2.11. The van der Waals surface area contributed by atoms with Crippen LogP contribution in [0.3, 0.4) is 0 Å². The Bertz CT molecular complexity index is 422. The number of nitrogens with zero attached hydrogens (tertiary/aromatic N) is 2. The molecule has 0 saturated heterocycles. The molecule has 1 aromatic rings. The second kappa shape index (κ2) is 7.43. The molecule has 0 amide bonds. The van der Waals surface area contributed by atoms with Crippen molar-refractivity contribution in [3.63, 3.8) is 0 Å². The molecule has 0 unspecified atom stereocenters. The van der Waals surface area contributed by atoms with E-state index in [1.54, 1.807) is 0 Å². The Kier molecular flexibility index (Phi) is 6.20. The Hall–Kier alpha value is -1.36. The van der Waals surface area contributed by atoms with Crippen LogP contribution in [-0.4, -0.2) is 33.8 Å². The highest BCUT2D eigenvalue weighted by atomic mass is 16.3. The quantitative estimate of drug-likeness (QED) is 0.683. The standard InChI is InChI=1S/C15H28N4O/c1-6-9-16-13-11(4)14(18-12(5)17-13)19-15(7-2,8-3)10-20/h20H,6-10H2,1-5H3,(H2,16,17,18,19). The molecule has 1 rings (SSSR count). The van der Waals surface area contributed by atoms with E-state index in [4.69, 9.17) is 0 Å². The Balaban J connectivity index is 3.08. The highest BCUT2D eigenvalue weighted by Gasteiger charge is 2.26. The van der Waals surface area contributed by atoms with Gasteiger partial charge in [0.25, 0.3) is 0 Å². The molecule has 5 nitrogen and oxygen atoms in total. The van der Waals surface area contributed by atoms with Gasteiger partial charge in [-0.3, -0.25) is 0 Å².